The first-order valence-electron chi connectivity index (χ1n) is 5.20. The molecular formula is C14H13NO. The number of pyridine rings is 1. The number of allylic oxidation sites excluding steroid dienone is 1. The number of hydrogen-bond acceptors (Lipinski definition) is 2. The van der Waals surface area contributed by atoms with Crippen LogP contribution >= 0.6 is 0 Å². The normalized spacial score (nSPS) is 11.4. The van der Waals surface area contributed by atoms with Crippen LogP contribution in [0, 0.1) is 0 Å². The molecule has 0 radical (unpaired) electrons. The van der Waals surface area contributed by atoms with Crippen molar-refractivity contribution in [3.63, 3.8) is 0 Å². The van der Waals surface area contributed by atoms with Crippen LogP contribution < -0.4 is 0 Å². The van der Waals surface area contributed by atoms with Crippen molar-refractivity contribution in [3.05, 3.63) is 72.1 Å². The fraction of sp³-hybridized carbons (Fsp3) is 0.0714. The lowest BCUT2D eigenvalue weighted by atomic mass is 10.1. The van der Waals surface area contributed by atoms with Gasteiger partial charge in [-0.05, 0) is 30.2 Å². The van der Waals surface area contributed by atoms with Crippen LogP contribution in [-0.4, -0.2) is 10.1 Å². The van der Waals surface area contributed by atoms with Gasteiger partial charge in [0, 0.05) is 18.0 Å². The van der Waals surface area contributed by atoms with Gasteiger partial charge < -0.3 is 5.11 Å². The van der Waals surface area contributed by atoms with Crippen molar-refractivity contribution in [1.29, 1.82) is 0 Å². The van der Waals surface area contributed by atoms with Gasteiger partial charge in [-0.15, -0.1) is 0 Å². The zero-order valence-electron chi connectivity index (χ0n) is 8.88. The Kier molecular flexibility index (Phi) is 3.34. The number of aromatic nitrogens is 1. The molecule has 0 fully saturated rings. The summed E-state index contributed by atoms with van der Waals surface area (Å²) in [5.74, 6) is 0.275. The van der Waals surface area contributed by atoms with E-state index in [2.05, 4.69) is 4.98 Å². The summed E-state index contributed by atoms with van der Waals surface area (Å²) in [5.41, 5.74) is 1.93. The lowest BCUT2D eigenvalue weighted by Crippen LogP contribution is -1.86. The molecule has 0 aliphatic rings. The van der Waals surface area contributed by atoms with Gasteiger partial charge in [0.15, 0.2) is 0 Å². The molecule has 0 amide bonds. The van der Waals surface area contributed by atoms with Crippen LogP contribution in [0.2, 0.25) is 0 Å². The molecule has 0 saturated carbocycles. The molecule has 0 atom stereocenters. The number of aliphatic hydroxyl groups excluding tert-OH is 1. The second-order valence-corrected chi connectivity index (χ2v) is 3.52. The molecule has 0 unspecified atom stereocenters. The lowest BCUT2D eigenvalue weighted by Gasteiger charge is -1.99. The van der Waals surface area contributed by atoms with Gasteiger partial charge in [0.1, 0.15) is 5.76 Å². The van der Waals surface area contributed by atoms with Gasteiger partial charge in [-0.25, -0.2) is 0 Å². The van der Waals surface area contributed by atoms with Gasteiger partial charge in [0.2, 0.25) is 0 Å². The topological polar surface area (TPSA) is 33.1 Å². The zero-order chi connectivity index (χ0) is 11.2. The predicted molar refractivity (Wildman–Crippen MR) is 65.0 cm³/mol. The van der Waals surface area contributed by atoms with E-state index in [1.165, 1.54) is 5.56 Å². The van der Waals surface area contributed by atoms with Crippen molar-refractivity contribution in [3.8, 4) is 0 Å². The van der Waals surface area contributed by atoms with E-state index in [1.807, 2.05) is 42.5 Å². The summed E-state index contributed by atoms with van der Waals surface area (Å²) >= 11 is 0. The minimum atomic E-state index is 0.275. The predicted octanol–water partition coefficient (Wildman–Crippen LogP) is 3.22. The molecule has 0 saturated heterocycles. The van der Waals surface area contributed by atoms with E-state index in [-0.39, 0.29) is 5.76 Å². The highest BCUT2D eigenvalue weighted by Gasteiger charge is 1.97. The quantitative estimate of drug-likeness (QED) is 0.791. The summed E-state index contributed by atoms with van der Waals surface area (Å²) in [6.45, 7) is 0. The minimum absolute atomic E-state index is 0.275. The SMILES string of the molecule is O/C(=C\Cc1ccccc1)c1cccnc1. The maximum absolute atomic E-state index is 9.80. The maximum Gasteiger partial charge on any atom is 0.120 e. The molecule has 16 heavy (non-hydrogen) atoms. The highest BCUT2D eigenvalue weighted by Crippen LogP contribution is 2.10. The van der Waals surface area contributed by atoms with E-state index in [4.69, 9.17) is 0 Å². The standard InChI is InChI=1S/C14H13NO/c16-14(13-7-4-10-15-11-13)9-8-12-5-2-1-3-6-12/h1-7,9-11,16H,8H2/b14-9-. The van der Waals surface area contributed by atoms with Crippen molar-refractivity contribution in [2.45, 2.75) is 6.42 Å². The Balaban J connectivity index is 2.09. The molecule has 80 valence electrons. The van der Waals surface area contributed by atoms with E-state index in [9.17, 15) is 5.11 Å². The Hall–Kier alpha value is -2.09. The first kappa shape index (κ1) is 10.4. The van der Waals surface area contributed by atoms with Crippen LogP contribution in [0.25, 0.3) is 5.76 Å². The smallest absolute Gasteiger partial charge is 0.120 e. The molecule has 1 N–H and O–H groups in total. The molecule has 1 heterocycles. The third kappa shape index (κ3) is 2.70. The fourth-order valence-electron chi connectivity index (χ4n) is 1.46. The molecule has 2 nitrogen and oxygen atoms in total. The van der Waals surface area contributed by atoms with E-state index < -0.39 is 0 Å². The van der Waals surface area contributed by atoms with E-state index in [0.717, 1.165) is 12.0 Å². The molecule has 0 aliphatic heterocycles. The summed E-state index contributed by atoms with van der Waals surface area (Å²) in [5, 5.41) is 9.80. The number of benzene rings is 1. The highest BCUT2D eigenvalue weighted by molar-refractivity contribution is 5.57. The van der Waals surface area contributed by atoms with Crippen LogP contribution in [0.15, 0.2) is 60.9 Å². The zero-order valence-corrected chi connectivity index (χ0v) is 8.88. The summed E-state index contributed by atoms with van der Waals surface area (Å²) in [6.07, 6.45) is 5.86. The van der Waals surface area contributed by atoms with Gasteiger partial charge in [-0.3, -0.25) is 4.98 Å². The summed E-state index contributed by atoms with van der Waals surface area (Å²) in [4.78, 5) is 3.96. The Morgan fingerprint density at radius 3 is 2.62 bits per heavy atom. The van der Waals surface area contributed by atoms with Crippen LogP contribution in [0.5, 0.6) is 0 Å². The average Bonchev–Trinajstić information content (AvgIpc) is 2.38. The number of rotatable bonds is 3. The number of hydrogen-bond donors (Lipinski definition) is 1. The van der Waals surface area contributed by atoms with Gasteiger partial charge in [-0.2, -0.15) is 0 Å². The Morgan fingerprint density at radius 1 is 1.12 bits per heavy atom. The van der Waals surface area contributed by atoms with Gasteiger partial charge in [0.25, 0.3) is 0 Å². The van der Waals surface area contributed by atoms with Crippen molar-refractivity contribution >= 4 is 5.76 Å². The molecule has 2 rings (SSSR count). The van der Waals surface area contributed by atoms with Crippen LogP contribution in [-0.2, 0) is 6.42 Å². The van der Waals surface area contributed by atoms with Crippen molar-refractivity contribution < 1.29 is 5.11 Å². The minimum Gasteiger partial charge on any atom is -0.508 e. The monoisotopic (exact) mass is 211 g/mol. The second-order valence-electron chi connectivity index (χ2n) is 3.52. The van der Waals surface area contributed by atoms with Crippen LogP contribution in [0.4, 0.5) is 0 Å². The Morgan fingerprint density at radius 2 is 1.94 bits per heavy atom. The van der Waals surface area contributed by atoms with Gasteiger partial charge in [0.05, 0.1) is 0 Å². The van der Waals surface area contributed by atoms with E-state index >= 15 is 0 Å². The van der Waals surface area contributed by atoms with E-state index in [1.54, 1.807) is 18.5 Å². The second kappa shape index (κ2) is 5.12. The largest absolute Gasteiger partial charge is 0.508 e. The number of nitrogens with zero attached hydrogens (tertiary/aromatic N) is 1. The third-order valence-corrected chi connectivity index (χ3v) is 2.33. The molecule has 0 spiro atoms. The van der Waals surface area contributed by atoms with Gasteiger partial charge in [-0.1, -0.05) is 30.3 Å². The van der Waals surface area contributed by atoms with Crippen molar-refractivity contribution in [2.24, 2.45) is 0 Å². The van der Waals surface area contributed by atoms with Crippen LogP contribution in [0.3, 0.4) is 0 Å². The molecule has 2 aromatic rings. The molecule has 1 aromatic heterocycles. The molecular weight excluding hydrogens is 198 g/mol. The summed E-state index contributed by atoms with van der Waals surface area (Å²) in [6, 6.07) is 13.7. The average molecular weight is 211 g/mol. The lowest BCUT2D eigenvalue weighted by molar-refractivity contribution is 0.509. The number of aliphatic hydroxyl groups is 1. The van der Waals surface area contributed by atoms with Gasteiger partial charge >= 0.3 is 0 Å². The molecule has 1 aromatic carbocycles. The van der Waals surface area contributed by atoms with Crippen LogP contribution in [0.1, 0.15) is 11.1 Å². The first-order valence-corrected chi connectivity index (χ1v) is 5.20. The van der Waals surface area contributed by atoms with Crippen molar-refractivity contribution in [1.82, 2.24) is 4.98 Å². The molecule has 0 aliphatic carbocycles. The third-order valence-electron chi connectivity index (χ3n) is 2.33. The summed E-state index contributed by atoms with van der Waals surface area (Å²) < 4.78 is 0. The highest BCUT2D eigenvalue weighted by atomic mass is 16.3. The van der Waals surface area contributed by atoms with Crippen molar-refractivity contribution in [2.75, 3.05) is 0 Å². The Labute approximate surface area is 94.9 Å². The first-order chi connectivity index (χ1) is 7.86. The molecule has 0 bridgehead atoms. The summed E-state index contributed by atoms with van der Waals surface area (Å²) in [7, 11) is 0. The molecule has 2 heteroatoms. The Bertz CT molecular complexity index is 463. The fourth-order valence-corrected chi connectivity index (χ4v) is 1.46. The maximum atomic E-state index is 9.80. The van der Waals surface area contributed by atoms with E-state index in [0.29, 0.717) is 0 Å².